The third-order valence-corrected chi connectivity index (χ3v) is 11.0. The van der Waals surface area contributed by atoms with Gasteiger partial charge in [0.2, 0.25) is 0 Å². The van der Waals surface area contributed by atoms with Crippen molar-refractivity contribution < 1.29 is 37.1 Å². The fourth-order valence-electron chi connectivity index (χ4n) is 4.22. The average Bonchev–Trinajstić information content (AvgIpc) is 3.32. The summed E-state index contributed by atoms with van der Waals surface area (Å²) in [6.07, 6.45) is -1.32. The number of hydrogen-bond donors (Lipinski definition) is 3. The summed E-state index contributed by atoms with van der Waals surface area (Å²) in [6, 6.07) is 14.3. The van der Waals surface area contributed by atoms with Crippen molar-refractivity contribution in [3.05, 3.63) is 60.2 Å². The first-order valence-electron chi connectivity index (χ1n) is 14.0. The predicted molar refractivity (Wildman–Crippen MR) is 168 cm³/mol. The number of rotatable bonds is 12. The Kier molecular flexibility index (Phi) is 12.4. The van der Waals surface area contributed by atoms with Gasteiger partial charge in [0.25, 0.3) is 0 Å². The molecule has 1 aliphatic heterocycles. The Hall–Kier alpha value is -2.45. The molecule has 0 radical (unpaired) electrons. The van der Waals surface area contributed by atoms with Crippen LogP contribution in [0, 0.1) is 5.41 Å². The maximum absolute atomic E-state index is 14.0. The SMILES string of the molecule is CC(C)(C)OC(O)[C@@H]1CI(OCCCOCc2ccccc2)CN1C(=O)[C@@H](NC(=O)Oc1cccc(O)c1)C(C)(C)C. The van der Waals surface area contributed by atoms with E-state index in [1.165, 1.54) is 18.2 Å². The molecule has 1 heterocycles. The summed E-state index contributed by atoms with van der Waals surface area (Å²) in [7, 11) is 0. The standard InChI is InChI=1S/C31H45IN2O8/c1-30(2,3)26(33-29(38)41-24-15-10-14-23(35)18-24)27(36)34-21-32(19-25(34)28(37)42-31(4,5)6)40-17-11-16-39-20-22-12-8-7-9-13-22/h7-10,12-15,18,25-26,28,35,37H,11,16-17,19-21H2,1-6H3,(H,33,38)/t25-,26+,28?/m0/s1. The molecule has 1 aliphatic rings. The van der Waals surface area contributed by atoms with Gasteiger partial charge in [-0.25, -0.2) is 0 Å². The monoisotopic (exact) mass is 700 g/mol. The Bertz CT molecular complexity index is 1150. The number of carbonyl (C=O) groups excluding carboxylic acids is 2. The molecule has 1 unspecified atom stereocenters. The van der Waals surface area contributed by atoms with Crippen LogP contribution in [0.15, 0.2) is 54.6 Å². The van der Waals surface area contributed by atoms with Crippen molar-refractivity contribution >= 4 is 32.2 Å². The third-order valence-electron chi connectivity index (χ3n) is 6.26. The molecular formula is C31H45IN2O8. The minimum absolute atomic E-state index is 0.0455. The van der Waals surface area contributed by atoms with Crippen LogP contribution in [0.1, 0.15) is 53.5 Å². The summed E-state index contributed by atoms with van der Waals surface area (Å²) in [5.74, 6) is -0.238. The van der Waals surface area contributed by atoms with Crippen LogP contribution >= 0.6 is 20.2 Å². The Labute approximate surface area is 256 Å². The van der Waals surface area contributed by atoms with Gasteiger partial charge in [-0.15, -0.1) is 0 Å². The molecule has 0 saturated carbocycles. The van der Waals surface area contributed by atoms with E-state index in [1.54, 1.807) is 11.0 Å². The number of ether oxygens (including phenoxy) is 3. The minimum atomic E-state index is -2.15. The predicted octanol–water partition coefficient (Wildman–Crippen LogP) is 5.24. The van der Waals surface area contributed by atoms with E-state index in [9.17, 15) is 19.8 Å². The van der Waals surface area contributed by atoms with Gasteiger partial charge in [0.1, 0.15) is 0 Å². The molecule has 0 aromatic heterocycles. The van der Waals surface area contributed by atoms with Crippen molar-refractivity contribution in [2.24, 2.45) is 5.41 Å². The summed E-state index contributed by atoms with van der Waals surface area (Å²) in [5.41, 5.74) is -0.185. The van der Waals surface area contributed by atoms with E-state index < -0.39 is 55.7 Å². The number of phenols is 1. The number of aliphatic hydroxyl groups is 1. The van der Waals surface area contributed by atoms with Crippen LogP contribution in [0.5, 0.6) is 11.5 Å². The van der Waals surface area contributed by atoms with E-state index in [4.69, 9.17) is 17.3 Å². The van der Waals surface area contributed by atoms with Crippen LogP contribution in [-0.2, 0) is 23.9 Å². The quantitative estimate of drug-likeness (QED) is 0.0903. The first kappa shape index (κ1) is 34.0. The van der Waals surface area contributed by atoms with Crippen molar-refractivity contribution in [1.82, 2.24) is 10.2 Å². The fourth-order valence-corrected chi connectivity index (χ4v) is 9.46. The second-order valence-corrected chi connectivity index (χ2v) is 16.7. The second-order valence-electron chi connectivity index (χ2n) is 12.2. The number of hydrogen-bond acceptors (Lipinski definition) is 8. The van der Waals surface area contributed by atoms with Crippen LogP contribution in [0.25, 0.3) is 0 Å². The Balaban J connectivity index is 1.64. The summed E-state index contributed by atoms with van der Waals surface area (Å²) < 4.78 is 24.1. The molecule has 1 fully saturated rings. The molecule has 3 N–H and O–H groups in total. The molecule has 3 rings (SSSR count). The van der Waals surface area contributed by atoms with Crippen LogP contribution < -0.4 is 10.1 Å². The number of amides is 2. The molecule has 0 aliphatic carbocycles. The number of alkyl halides is 2. The summed E-state index contributed by atoms with van der Waals surface area (Å²) in [5, 5.41) is 23.4. The first-order chi connectivity index (χ1) is 19.7. The average molecular weight is 701 g/mol. The molecular weight excluding hydrogens is 655 g/mol. The molecule has 42 heavy (non-hydrogen) atoms. The Morgan fingerprint density at radius 3 is 2.40 bits per heavy atom. The molecule has 2 aromatic carbocycles. The van der Waals surface area contributed by atoms with Crippen molar-refractivity contribution in [2.75, 3.05) is 22.2 Å². The molecule has 234 valence electrons. The van der Waals surface area contributed by atoms with E-state index in [-0.39, 0.29) is 17.4 Å². The van der Waals surface area contributed by atoms with Crippen molar-refractivity contribution in [1.29, 1.82) is 0 Å². The van der Waals surface area contributed by atoms with Crippen LogP contribution in [-0.4, -0.2) is 73.3 Å². The van der Waals surface area contributed by atoms with Gasteiger partial charge < -0.3 is 0 Å². The Morgan fingerprint density at radius 1 is 1.05 bits per heavy atom. The molecule has 0 bridgehead atoms. The number of aromatic hydroxyl groups is 1. The van der Waals surface area contributed by atoms with Gasteiger partial charge in [-0.2, -0.15) is 0 Å². The van der Waals surface area contributed by atoms with E-state index in [2.05, 4.69) is 5.32 Å². The fraction of sp³-hybridized carbons (Fsp3) is 0.548. The van der Waals surface area contributed by atoms with Gasteiger partial charge in [-0.1, -0.05) is 0 Å². The number of benzene rings is 2. The van der Waals surface area contributed by atoms with Crippen LogP contribution in [0.4, 0.5) is 4.79 Å². The van der Waals surface area contributed by atoms with E-state index in [0.29, 0.717) is 35.2 Å². The number of phenolic OH excluding ortho intramolecular Hbond substituents is 1. The number of carbonyl (C=O) groups is 2. The van der Waals surface area contributed by atoms with Crippen molar-refractivity contribution in [2.45, 2.75) is 78.5 Å². The maximum atomic E-state index is 14.0. The first-order valence-corrected chi connectivity index (χ1v) is 18.0. The topological polar surface area (TPSA) is 127 Å². The number of halogens is 1. The zero-order valence-electron chi connectivity index (χ0n) is 25.3. The van der Waals surface area contributed by atoms with Crippen LogP contribution in [0.3, 0.4) is 0 Å². The summed E-state index contributed by atoms with van der Waals surface area (Å²) in [6.45, 7) is 12.7. The van der Waals surface area contributed by atoms with Gasteiger partial charge >= 0.3 is 257 Å². The van der Waals surface area contributed by atoms with Gasteiger partial charge in [0.15, 0.2) is 0 Å². The molecule has 0 spiro atoms. The van der Waals surface area contributed by atoms with E-state index >= 15 is 0 Å². The summed E-state index contributed by atoms with van der Waals surface area (Å²) in [4.78, 5) is 28.4. The van der Waals surface area contributed by atoms with E-state index in [1.807, 2.05) is 71.9 Å². The molecule has 10 nitrogen and oxygen atoms in total. The van der Waals surface area contributed by atoms with Crippen LogP contribution in [0.2, 0.25) is 0 Å². The zero-order chi connectivity index (χ0) is 30.9. The molecule has 11 heteroatoms. The van der Waals surface area contributed by atoms with Crippen molar-refractivity contribution in [3.63, 3.8) is 0 Å². The zero-order valence-corrected chi connectivity index (χ0v) is 27.5. The molecule has 2 aromatic rings. The van der Waals surface area contributed by atoms with E-state index in [0.717, 1.165) is 5.56 Å². The second kappa shape index (κ2) is 15.3. The van der Waals surface area contributed by atoms with Gasteiger partial charge in [-0.05, 0) is 0 Å². The molecule has 1 saturated heterocycles. The third kappa shape index (κ3) is 11.0. The Morgan fingerprint density at radius 2 is 1.76 bits per heavy atom. The normalized spacial score (nSPS) is 18.0. The van der Waals surface area contributed by atoms with Crippen molar-refractivity contribution in [3.8, 4) is 11.5 Å². The van der Waals surface area contributed by atoms with Gasteiger partial charge in [0.05, 0.1) is 0 Å². The number of nitrogens with zero attached hydrogens (tertiary/aromatic N) is 1. The summed E-state index contributed by atoms with van der Waals surface area (Å²) >= 11 is -2.15. The molecule has 2 amide bonds. The number of nitrogens with one attached hydrogen (secondary N) is 1. The van der Waals surface area contributed by atoms with Gasteiger partial charge in [-0.3, -0.25) is 0 Å². The molecule has 3 atom stereocenters. The van der Waals surface area contributed by atoms with Gasteiger partial charge in [0, 0.05) is 0 Å². The number of aliphatic hydroxyl groups excluding tert-OH is 1.